The number of para-hydroxylation sites is 1. The van der Waals surface area contributed by atoms with Gasteiger partial charge in [0.25, 0.3) is 0 Å². The van der Waals surface area contributed by atoms with E-state index in [0.717, 1.165) is 45.6 Å². The molecule has 27 heavy (non-hydrogen) atoms. The molecule has 2 aromatic heterocycles. The van der Waals surface area contributed by atoms with Crippen LogP contribution in [0.1, 0.15) is 11.3 Å². The largest absolute Gasteiger partial charge is 0.488 e. The lowest BCUT2D eigenvalue weighted by Crippen LogP contribution is -2.11. The van der Waals surface area contributed by atoms with Crippen LogP contribution >= 0.6 is 0 Å². The van der Waals surface area contributed by atoms with E-state index in [1.54, 1.807) is 6.20 Å². The zero-order chi connectivity index (χ0) is 18.6. The first-order chi connectivity index (χ1) is 13.2. The van der Waals surface area contributed by atoms with E-state index in [4.69, 9.17) is 4.74 Å². The molecule has 136 valence electrons. The van der Waals surface area contributed by atoms with Crippen molar-refractivity contribution in [1.29, 1.82) is 0 Å². The number of aromatic nitrogens is 3. The van der Waals surface area contributed by atoms with Crippen LogP contribution in [-0.4, -0.2) is 34.2 Å². The number of hydrogen-bond acceptors (Lipinski definition) is 4. The lowest BCUT2D eigenvalue weighted by molar-refractivity contribution is 0.307. The number of H-pyrrole nitrogens is 1. The van der Waals surface area contributed by atoms with Crippen LogP contribution in [0, 0.1) is 0 Å². The summed E-state index contributed by atoms with van der Waals surface area (Å²) in [5.41, 5.74) is 5.33. The van der Waals surface area contributed by atoms with E-state index in [1.165, 1.54) is 0 Å². The summed E-state index contributed by atoms with van der Waals surface area (Å²) in [7, 11) is 4.11. The summed E-state index contributed by atoms with van der Waals surface area (Å²) in [5.74, 6) is 0.860. The first-order valence-electron chi connectivity index (χ1n) is 8.93. The van der Waals surface area contributed by atoms with Gasteiger partial charge < -0.3 is 9.64 Å². The Morgan fingerprint density at radius 3 is 2.74 bits per heavy atom. The number of nitrogens with one attached hydrogen (secondary N) is 1. The van der Waals surface area contributed by atoms with Gasteiger partial charge in [-0.15, -0.1) is 0 Å². The summed E-state index contributed by atoms with van der Waals surface area (Å²) >= 11 is 0. The third-order valence-electron chi connectivity index (χ3n) is 4.42. The molecular weight excluding hydrogens is 336 g/mol. The number of aromatic amines is 1. The molecule has 0 aliphatic heterocycles. The maximum absolute atomic E-state index is 6.09. The quantitative estimate of drug-likeness (QED) is 0.559. The van der Waals surface area contributed by atoms with Gasteiger partial charge in [0.05, 0.1) is 11.2 Å². The third kappa shape index (κ3) is 3.83. The van der Waals surface area contributed by atoms with Crippen molar-refractivity contribution in [1.82, 2.24) is 20.1 Å². The molecule has 0 saturated carbocycles. The second-order valence-corrected chi connectivity index (χ2v) is 6.82. The maximum atomic E-state index is 6.09. The predicted octanol–water partition coefficient (Wildman–Crippen LogP) is 4.27. The Balaban J connectivity index is 1.67. The highest BCUT2D eigenvalue weighted by Crippen LogP contribution is 2.33. The van der Waals surface area contributed by atoms with E-state index in [0.29, 0.717) is 6.61 Å². The summed E-state index contributed by atoms with van der Waals surface area (Å²) in [6.07, 6.45) is 3.59. The van der Waals surface area contributed by atoms with Crippen molar-refractivity contribution in [2.75, 3.05) is 14.1 Å². The van der Waals surface area contributed by atoms with Crippen LogP contribution in [0.15, 0.2) is 67.0 Å². The molecule has 1 N–H and O–H groups in total. The van der Waals surface area contributed by atoms with Crippen LogP contribution in [0.5, 0.6) is 5.75 Å². The van der Waals surface area contributed by atoms with Crippen LogP contribution in [0.2, 0.25) is 0 Å². The van der Waals surface area contributed by atoms with Gasteiger partial charge in [0.15, 0.2) is 0 Å². The Hall–Kier alpha value is -3.18. The van der Waals surface area contributed by atoms with E-state index < -0.39 is 0 Å². The van der Waals surface area contributed by atoms with E-state index in [9.17, 15) is 0 Å². The molecular formula is C22H22N4O. The second-order valence-electron chi connectivity index (χ2n) is 6.82. The average Bonchev–Trinajstić information content (AvgIpc) is 3.09. The molecule has 0 radical (unpaired) electrons. The van der Waals surface area contributed by atoms with Gasteiger partial charge in [-0.3, -0.25) is 10.1 Å². The number of benzene rings is 2. The number of pyridine rings is 1. The summed E-state index contributed by atoms with van der Waals surface area (Å²) < 4.78 is 6.09. The Labute approximate surface area is 158 Å². The fraction of sp³-hybridized carbons (Fsp3) is 0.182. The predicted molar refractivity (Wildman–Crippen MR) is 107 cm³/mol. The molecule has 0 saturated heterocycles. The Kier molecular flexibility index (Phi) is 4.85. The molecule has 4 rings (SSSR count). The normalized spacial score (nSPS) is 11.2. The van der Waals surface area contributed by atoms with Crippen molar-refractivity contribution < 1.29 is 4.74 Å². The molecule has 5 heteroatoms. The monoisotopic (exact) mass is 358 g/mol. The molecule has 0 fully saturated rings. The molecule has 0 spiro atoms. The van der Waals surface area contributed by atoms with E-state index in [2.05, 4.69) is 58.4 Å². The van der Waals surface area contributed by atoms with E-state index in [1.807, 2.05) is 36.5 Å². The molecule has 0 aliphatic rings. The molecule has 0 unspecified atom stereocenters. The smallest absolute Gasteiger partial charge is 0.127 e. The summed E-state index contributed by atoms with van der Waals surface area (Å²) in [5, 5.41) is 8.71. The minimum absolute atomic E-state index is 0.491. The van der Waals surface area contributed by atoms with Crippen molar-refractivity contribution >= 4 is 10.9 Å². The van der Waals surface area contributed by atoms with Gasteiger partial charge in [-0.1, -0.05) is 30.3 Å². The van der Waals surface area contributed by atoms with Crippen LogP contribution < -0.4 is 4.74 Å². The molecule has 0 amide bonds. The van der Waals surface area contributed by atoms with Gasteiger partial charge in [0.2, 0.25) is 0 Å². The number of hydrogen-bond donors (Lipinski definition) is 1. The van der Waals surface area contributed by atoms with Gasteiger partial charge in [0.1, 0.15) is 12.4 Å². The fourth-order valence-corrected chi connectivity index (χ4v) is 3.14. The number of ether oxygens (including phenoxy) is 1. The Bertz CT molecular complexity index is 1040. The topological polar surface area (TPSA) is 54.0 Å². The van der Waals surface area contributed by atoms with Gasteiger partial charge >= 0.3 is 0 Å². The van der Waals surface area contributed by atoms with Gasteiger partial charge in [-0.25, -0.2) is 0 Å². The molecule has 0 atom stereocenters. The third-order valence-corrected chi connectivity index (χ3v) is 4.42. The van der Waals surface area contributed by atoms with Crippen LogP contribution in [0.3, 0.4) is 0 Å². The maximum Gasteiger partial charge on any atom is 0.127 e. The number of rotatable bonds is 6. The lowest BCUT2D eigenvalue weighted by Gasteiger charge is -2.12. The van der Waals surface area contributed by atoms with Crippen molar-refractivity contribution in [3.8, 4) is 16.9 Å². The highest BCUT2D eigenvalue weighted by atomic mass is 16.5. The second kappa shape index (κ2) is 7.60. The van der Waals surface area contributed by atoms with Crippen LogP contribution in [0.4, 0.5) is 0 Å². The fourth-order valence-electron chi connectivity index (χ4n) is 3.14. The first kappa shape index (κ1) is 17.2. The number of fused-ring (bicyclic) bond motifs is 1. The minimum Gasteiger partial charge on any atom is -0.488 e. The van der Waals surface area contributed by atoms with Crippen LogP contribution in [-0.2, 0) is 13.2 Å². The zero-order valence-electron chi connectivity index (χ0n) is 15.5. The first-order valence-corrected chi connectivity index (χ1v) is 8.93. The van der Waals surface area contributed by atoms with Gasteiger partial charge in [-0.05, 0) is 43.9 Å². The zero-order valence-corrected chi connectivity index (χ0v) is 15.5. The van der Waals surface area contributed by atoms with Gasteiger partial charge in [0, 0.05) is 35.5 Å². The van der Waals surface area contributed by atoms with Crippen LogP contribution in [0.25, 0.3) is 22.0 Å². The molecule has 0 aliphatic carbocycles. The van der Waals surface area contributed by atoms with Crippen molar-refractivity contribution in [2.24, 2.45) is 0 Å². The summed E-state index contributed by atoms with van der Waals surface area (Å²) in [4.78, 5) is 6.27. The number of nitrogens with zero attached hydrogens (tertiary/aromatic N) is 3. The van der Waals surface area contributed by atoms with E-state index >= 15 is 0 Å². The standard InChI is InChI=1S/C22H22N4O/c1-26(2)14-21-19-12-17(9-10-20(19)24-25-21)18-7-3-4-8-22(18)27-15-16-6-5-11-23-13-16/h3-13H,14-15H2,1-2H3,(H,24,25). The highest BCUT2D eigenvalue weighted by Gasteiger charge is 2.11. The Morgan fingerprint density at radius 2 is 1.93 bits per heavy atom. The summed E-state index contributed by atoms with van der Waals surface area (Å²) in [6, 6.07) is 18.4. The lowest BCUT2D eigenvalue weighted by atomic mass is 10.0. The molecule has 5 nitrogen and oxygen atoms in total. The molecule has 2 aromatic carbocycles. The van der Waals surface area contributed by atoms with E-state index in [-0.39, 0.29) is 0 Å². The summed E-state index contributed by atoms with van der Waals surface area (Å²) in [6.45, 7) is 1.31. The van der Waals surface area contributed by atoms with Crippen molar-refractivity contribution in [3.05, 3.63) is 78.2 Å². The Morgan fingerprint density at radius 1 is 1.04 bits per heavy atom. The molecule has 4 aromatic rings. The average molecular weight is 358 g/mol. The molecule has 0 bridgehead atoms. The van der Waals surface area contributed by atoms with Crippen molar-refractivity contribution in [3.63, 3.8) is 0 Å². The SMILES string of the molecule is CN(C)Cc1[nH]nc2ccc(-c3ccccc3OCc3cccnc3)cc12. The minimum atomic E-state index is 0.491. The van der Waals surface area contributed by atoms with Gasteiger partial charge in [-0.2, -0.15) is 5.10 Å². The molecule has 2 heterocycles. The van der Waals surface area contributed by atoms with Crippen molar-refractivity contribution in [2.45, 2.75) is 13.2 Å². The highest BCUT2D eigenvalue weighted by molar-refractivity contribution is 5.87.